The lowest BCUT2D eigenvalue weighted by atomic mass is 9.55. The second-order valence-electron chi connectivity index (χ2n) is 12.0. The van der Waals surface area contributed by atoms with Gasteiger partial charge in [0.15, 0.2) is 0 Å². The number of amides is 1. The molecule has 0 aliphatic heterocycles. The normalized spacial score (nSPS) is 28.5. The molecule has 2 aromatic rings. The summed E-state index contributed by atoms with van der Waals surface area (Å²) >= 11 is 0. The number of nitrogens with two attached hydrogens (primary N) is 1. The van der Waals surface area contributed by atoms with E-state index in [1.807, 2.05) is 6.07 Å². The van der Waals surface area contributed by atoms with Crippen molar-refractivity contribution in [2.24, 2.45) is 22.4 Å². The van der Waals surface area contributed by atoms with Crippen LogP contribution < -0.4 is 10.5 Å². The number of carbonyl (C=O) groups is 2. The van der Waals surface area contributed by atoms with Crippen molar-refractivity contribution in [3.05, 3.63) is 59.2 Å². The predicted molar refractivity (Wildman–Crippen MR) is 142 cm³/mol. The third-order valence-electron chi connectivity index (χ3n) is 9.25. The fourth-order valence-electron chi connectivity index (χ4n) is 7.19. The number of phenolic OH excluding ortho intramolecular Hbond substituents is 1. The van der Waals surface area contributed by atoms with Crippen molar-refractivity contribution >= 4 is 21.9 Å². The highest BCUT2D eigenvalue weighted by atomic mass is 32.2. The zero-order valence-electron chi connectivity index (χ0n) is 22.1. The molecule has 3 aliphatic carbocycles. The Bertz CT molecular complexity index is 1370. The van der Waals surface area contributed by atoms with Crippen molar-refractivity contribution in [2.45, 2.75) is 81.8 Å². The number of ether oxygens (including phenoxy) is 1. The van der Waals surface area contributed by atoms with E-state index in [-0.39, 0.29) is 22.0 Å². The standard InChI is InChI=1S/C29H36N2O6S/c1-28(2,31-26(33)17-4-8-20(9-5-17)38(30,35)36)27(34)37-25-13-12-24-23-10-6-18-16-19(32)7-11-21(18)22(23)14-15-29(24,25)3/h4-5,7-9,11,16,22-25,32H,6,10,12-15H2,1-3H3,(H,31,33)(H2,30,35,36)/t22?,23?,24?,25-,29-/m0/s1. The molecule has 5 atom stereocenters. The van der Waals surface area contributed by atoms with Crippen molar-refractivity contribution < 1.29 is 27.9 Å². The minimum atomic E-state index is -3.86. The molecule has 8 nitrogen and oxygen atoms in total. The van der Waals surface area contributed by atoms with Crippen LogP contribution in [-0.4, -0.2) is 37.0 Å². The number of phenols is 1. The molecule has 0 radical (unpaired) electrons. The number of rotatable bonds is 5. The number of esters is 1. The van der Waals surface area contributed by atoms with Crippen molar-refractivity contribution in [3.63, 3.8) is 0 Å². The summed E-state index contributed by atoms with van der Waals surface area (Å²) in [6.45, 7) is 5.49. The number of fused-ring (bicyclic) bond motifs is 5. The first-order chi connectivity index (χ1) is 17.8. The SMILES string of the molecule is CC(C)(NC(=O)c1ccc(S(N)(=O)=O)cc1)C(=O)O[C@H]1CCC2C3CCc4cc(O)ccc4C3CC[C@@]21C. The quantitative estimate of drug-likeness (QED) is 0.490. The smallest absolute Gasteiger partial charge is 0.331 e. The van der Waals surface area contributed by atoms with Gasteiger partial charge in [-0.2, -0.15) is 0 Å². The fourth-order valence-corrected chi connectivity index (χ4v) is 7.71. The monoisotopic (exact) mass is 540 g/mol. The van der Waals surface area contributed by atoms with E-state index in [1.165, 1.54) is 35.4 Å². The van der Waals surface area contributed by atoms with Crippen LogP contribution >= 0.6 is 0 Å². The molecule has 5 rings (SSSR count). The van der Waals surface area contributed by atoms with Crippen molar-refractivity contribution in [1.29, 1.82) is 0 Å². The molecule has 3 aliphatic rings. The third-order valence-corrected chi connectivity index (χ3v) is 10.2. The van der Waals surface area contributed by atoms with Crippen molar-refractivity contribution in [2.75, 3.05) is 0 Å². The molecule has 2 fully saturated rings. The average Bonchev–Trinajstić information content (AvgIpc) is 3.19. The van der Waals surface area contributed by atoms with Gasteiger partial charge in [0.2, 0.25) is 10.0 Å². The molecule has 1 amide bonds. The highest BCUT2D eigenvalue weighted by Crippen LogP contribution is 2.61. The lowest BCUT2D eigenvalue weighted by Gasteiger charge is -2.50. The van der Waals surface area contributed by atoms with Crippen LogP contribution in [0.5, 0.6) is 5.75 Å². The van der Waals surface area contributed by atoms with Gasteiger partial charge in [0, 0.05) is 11.0 Å². The first-order valence-electron chi connectivity index (χ1n) is 13.3. The number of carbonyl (C=O) groups excluding carboxylic acids is 2. The number of sulfonamides is 1. The zero-order valence-corrected chi connectivity index (χ0v) is 22.9. The summed E-state index contributed by atoms with van der Waals surface area (Å²) in [5, 5.41) is 17.8. The molecule has 0 bridgehead atoms. The van der Waals surface area contributed by atoms with E-state index in [4.69, 9.17) is 9.88 Å². The molecule has 0 heterocycles. The first kappa shape index (κ1) is 26.7. The predicted octanol–water partition coefficient (Wildman–Crippen LogP) is 4.02. The lowest BCUT2D eigenvalue weighted by molar-refractivity contribution is -0.163. The maximum absolute atomic E-state index is 13.3. The number of hydrogen-bond acceptors (Lipinski definition) is 6. The lowest BCUT2D eigenvalue weighted by Crippen LogP contribution is -2.53. The summed E-state index contributed by atoms with van der Waals surface area (Å²) in [7, 11) is -3.86. The van der Waals surface area contributed by atoms with E-state index < -0.39 is 27.4 Å². The van der Waals surface area contributed by atoms with Crippen LogP contribution in [-0.2, 0) is 26.0 Å². The van der Waals surface area contributed by atoms with Gasteiger partial charge in [0.25, 0.3) is 5.91 Å². The molecule has 0 saturated heterocycles. The molecule has 2 aromatic carbocycles. The van der Waals surface area contributed by atoms with Crippen LogP contribution in [0.1, 0.15) is 80.3 Å². The van der Waals surface area contributed by atoms with Gasteiger partial charge in [-0.15, -0.1) is 0 Å². The van der Waals surface area contributed by atoms with E-state index in [1.54, 1.807) is 19.9 Å². The van der Waals surface area contributed by atoms with Gasteiger partial charge in [-0.1, -0.05) is 13.0 Å². The fraction of sp³-hybridized carbons (Fsp3) is 0.517. The van der Waals surface area contributed by atoms with E-state index in [0.29, 0.717) is 23.5 Å². The minimum absolute atomic E-state index is 0.0916. The number of aromatic hydroxyl groups is 1. The van der Waals surface area contributed by atoms with E-state index >= 15 is 0 Å². The van der Waals surface area contributed by atoms with E-state index in [9.17, 15) is 23.1 Å². The zero-order chi connectivity index (χ0) is 27.5. The topological polar surface area (TPSA) is 136 Å². The second-order valence-corrected chi connectivity index (χ2v) is 13.5. The van der Waals surface area contributed by atoms with E-state index in [0.717, 1.165) is 38.5 Å². The van der Waals surface area contributed by atoms with Crippen LogP contribution in [0.3, 0.4) is 0 Å². The Kier molecular flexibility index (Phi) is 6.59. The number of benzene rings is 2. The van der Waals surface area contributed by atoms with Gasteiger partial charge in [-0.3, -0.25) is 4.79 Å². The summed E-state index contributed by atoms with van der Waals surface area (Å²) in [5.41, 5.74) is 1.45. The van der Waals surface area contributed by atoms with Gasteiger partial charge >= 0.3 is 5.97 Å². The number of nitrogens with one attached hydrogen (secondary N) is 1. The summed E-state index contributed by atoms with van der Waals surface area (Å²) < 4.78 is 29.1. The van der Waals surface area contributed by atoms with Gasteiger partial charge in [0.1, 0.15) is 17.4 Å². The summed E-state index contributed by atoms with van der Waals surface area (Å²) in [6, 6.07) is 11.0. The molecule has 9 heteroatoms. The average molecular weight is 541 g/mol. The largest absolute Gasteiger partial charge is 0.508 e. The van der Waals surface area contributed by atoms with Gasteiger partial charge < -0.3 is 15.2 Å². The maximum atomic E-state index is 13.3. The highest BCUT2D eigenvalue weighted by Gasteiger charge is 2.56. The van der Waals surface area contributed by atoms with Crippen LogP contribution in [0.4, 0.5) is 0 Å². The van der Waals surface area contributed by atoms with Crippen LogP contribution in [0.25, 0.3) is 0 Å². The molecule has 4 N–H and O–H groups in total. The summed E-state index contributed by atoms with van der Waals surface area (Å²) in [4.78, 5) is 26.0. The highest BCUT2D eigenvalue weighted by molar-refractivity contribution is 7.89. The van der Waals surface area contributed by atoms with Gasteiger partial charge in [-0.25, -0.2) is 18.4 Å². The molecule has 3 unspecified atom stereocenters. The Hall–Kier alpha value is -2.91. The molecule has 204 valence electrons. The van der Waals surface area contributed by atoms with Crippen molar-refractivity contribution in [1.82, 2.24) is 5.32 Å². The molecule has 0 aromatic heterocycles. The van der Waals surface area contributed by atoms with Gasteiger partial charge in [-0.05, 0) is 118 Å². The molecule has 0 spiro atoms. The van der Waals surface area contributed by atoms with Gasteiger partial charge in [0.05, 0.1) is 4.90 Å². The van der Waals surface area contributed by atoms with Crippen LogP contribution in [0.2, 0.25) is 0 Å². The Morgan fingerprint density at radius 2 is 1.79 bits per heavy atom. The Balaban J connectivity index is 1.26. The molecular formula is C29H36N2O6S. The molecule has 38 heavy (non-hydrogen) atoms. The number of primary sulfonamides is 1. The summed E-state index contributed by atoms with van der Waals surface area (Å²) in [5.74, 6) is 0.800. The maximum Gasteiger partial charge on any atom is 0.331 e. The number of aryl methyl sites for hydroxylation is 1. The Morgan fingerprint density at radius 3 is 2.47 bits per heavy atom. The molecule has 2 saturated carbocycles. The third kappa shape index (κ3) is 4.71. The first-order valence-corrected chi connectivity index (χ1v) is 14.8. The summed E-state index contributed by atoms with van der Waals surface area (Å²) in [6.07, 6.45) is 5.61. The Morgan fingerprint density at radius 1 is 1.08 bits per heavy atom. The molecular weight excluding hydrogens is 504 g/mol. The Labute approximate surface area is 224 Å². The van der Waals surface area contributed by atoms with Crippen LogP contribution in [0, 0.1) is 17.3 Å². The number of hydrogen-bond donors (Lipinski definition) is 3. The van der Waals surface area contributed by atoms with E-state index in [2.05, 4.69) is 18.3 Å². The minimum Gasteiger partial charge on any atom is -0.508 e. The van der Waals surface area contributed by atoms with Crippen molar-refractivity contribution in [3.8, 4) is 5.75 Å². The van der Waals surface area contributed by atoms with Crippen LogP contribution in [0.15, 0.2) is 47.4 Å². The second kappa shape index (κ2) is 9.38.